The minimum atomic E-state index is -4.47. The molecule has 0 unspecified atom stereocenters. The molecule has 0 spiro atoms. The molecule has 1 aromatic carbocycles. The van der Waals surface area contributed by atoms with Gasteiger partial charge in [-0.1, -0.05) is 0 Å². The van der Waals surface area contributed by atoms with E-state index in [4.69, 9.17) is 15.7 Å². The van der Waals surface area contributed by atoms with Crippen molar-refractivity contribution in [1.29, 1.82) is 0 Å². The summed E-state index contributed by atoms with van der Waals surface area (Å²) in [4.78, 5) is 16.0. The van der Waals surface area contributed by atoms with Gasteiger partial charge in [0.05, 0.1) is 23.3 Å². The molecule has 0 radical (unpaired) electrons. The highest BCUT2D eigenvalue weighted by Gasteiger charge is 2.31. The van der Waals surface area contributed by atoms with Gasteiger partial charge in [-0.3, -0.25) is 0 Å². The van der Waals surface area contributed by atoms with E-state index in [1.165, 1.54) is 0 Å². The molecule has 33 heavy (non-hydrogen) atoms. The highest BCUT2D eigenvalue weighted by Crippen LogP contribution is 2.34. The highest BCUT2D eigenvalue weighted by molar-refractivity contribution is 5.91. The number of fused-ring (bicyclic) bond motifs is 1. The number of aromatic nitrogens is 3. The van der Waals surface area contributed by atoms with Crippen molar-refractivity contribution < 1.29 is 13.2 Å². The van der Waals surface area contributed by atoms with Crippen molar-refractivity contribution in [1.82, 2.24) is 15.0 Å². The number of pyridine rings is 1. The van der Waals surface area contributed by atoms with Gasteiger partial charge in [-0.2, -0.15) is 18.2 Å². The Morgan fingerprint density at radius 1 is 1.00 bits per heavy atom. The molecule has 3 heterocycles. The van der Waals surface area contributed by atoms with E-state index < -0.39 is 17.8 Å². The van der Waals surface area contributed by atoms with E-state index in [0.29, 0.717) is 28.7 Å². The molecule has 4 rings (SSSR count). The summed E-state index contributed by atoms with van der Waals surface area (Å²) in [6.07, 6.45) is -0.643. The first-order valence-corrected chi connectivity index (χ1v) is 11.0. The number of rotatable bonds is 6. The fourth-order valence-electron chi connectivity index (χ4n) is 3.94. The van der Waals surface area contributed by atoms with Crippen LogP contribution in [0.1, 0.15) is 50.8 Å². The molecule has 3 aromatic rings. The minimum Gasteiger partial charge on any atom is -0.399 e. The SMILES string of the molecule is CC(C)Nc1cc2c(N[C@H](C)c3cc(N)cc(C(F)(F)F)c3)nc(N3CCCC3)nc2cn1. The van der Waals surface area contributed by atoms with Gasteiger partial charge >= 0.3 is 6.18 Å². The third-order valence-corrected chi connectivity index (χ3v) is 5.55. The Labute approximate surface area is 190 Å². The van der Waals surface area contributed by atoms with Gasteiger partial charge in [-0.25, -0.2) is 9.97 Å². The largest absolute Gasteiger partial charge is 0.416 e. The van der Waals surface area contributed by atoms with Gasteiger partial charge in [0.15, 0.2) is 0 Å². The molecule has 1 aliphatic rings. The van der Waals surface area contributed by atoms with E-state index in [9.17, 15) is 13.2 Å². The molecule has 0 saturated carbocycles. The molecule has 10 heteroatoms. The van der Waals surface area contributed by atoms with Gasteiger partial charge in [-0.15, -0.1) is 0 Å². The van der Waals surface area contributed by atoms with Crippen LogP contribution in [0.3, 0.4) is 0 Å². The number of hydrogen-bond donors (Lipinski definition) is 3. The maximum Gasteiger partial charge on any atom is 0.416 e. The smallest absolute Gasteiger partial charge is 0.399 e. The van der Waals surface area contributed by atoms with Crippen molar-refractivity contribution in [3.05, 3.63) is 41.6 Å². The monoisotopic (exact) mass is 459 g/mol. The topological polar surface area (TPSA) is 92.0 Å². The molecule has 0 bridgehead atoms. The van der Waals surface area contributed by atoms with Crippen molar-refractivity contribution in [3.63, 3.8) is 0 Å². The minimum absolute atomic E-state index is 0.0615. The summed E-state index contributed by atoms with van der Waals surface area (Å²) in [6.45, 7) is 7.54. The number of nitrogen functional groups attached to an aromatic ring is 1. The highest BCUT2D eigenvalue weighted by atomic mass is 19.4. The van der Waals surface area contributed by atoms with Gasteiger partial charge in [0, 0.05) is 30.2 Å². The lowest BCUT2D eigenvalue weighted by atomic mass is 10.0. The van der Waals surface area contributed by atoms with E-state index in [1.807, 2.05) is 19.9 Å². The number of hydrogen-bond acceptors (Lipinski definition) is 7. The fourth-order valence-corrected chi connectivity index (χ4v) is 3.94. The number of anilines is 4. The maximum absolute atomic E-state index is 13.3. The van der Waals surface area contributed by atoms with Crippen LogP contribution in [0.15, 0.2) is 30.5 Å². The van der Waals surface area contributed by atoms with Crippen molar-refractivity contribution in [3.8, 4) is 0 Å². The third-order valence-electron chi connectivity index (χ3n) is 5.55. The van der Waals surface area contributed by atoms with Crippen molar-refractivity contribution in [2.24, 2.45) is 0 Å². The molecule has 7 nitrogen and oxygen atoms in total. The summed E-state index contributed by atoms with van der Waals surface area (Å²) in [6, 6.07) is 5.17. The second-order valence-electron chi connectivity index (χ2n) is 8.70. The summed E-state index contributed by atoms with van der Waals surface area (Å²) in [5.74, 6) is 1.80. The molecule has 176 valence electrons. The van der Waals surface area contributed by atoms with Crippen LogP contribution in [0.4, 0.5) is 36.4 Å². The Bertz CT molecular complexity index is 1140. The van der Waals surface area contributed by atoms with Crippen LogP contribution in [0.25, 0.3) is 10.9 Å². The molecule has 0 aliphatic carbocycles. The fraction of sp³-hybridized carbons (Fsp3) is 0.435. The van der Waals surface area contributed by atoms with E-state index in [1.54, 1.807) is 19.2 Å². The Balaban J connectivity index is 1.75. The number of halogens is 3. The zero-order valence-corrected chi connectivity index (χ0v) is 18.9. The second-order valence-corrected chi connectivity index (χ2v) is 8.70. The molecule has 4 N–H and O–H groups in total. The Kier molecular flexibility index (Phi) is 6.18. The van der Waals surface area contributed by atoms with Crippen LogP contribution in [0.5, 0.6) is 0 Å². The predicted molar refractivity (Wildman–Crippen MR) is 125 cm³/mol. The number of alkyl halides is 3. The molecular weight excluding hydrogens is 431 g/mol. The molecule has 1 atom stereocenters. The first kappa shape index (κ1) is 22.9. The molecule has 1 fully saturated rings. The number of nitrogens with one attached hydrogen (secondary N) is 2. The summed E-state index contributed by atoms with van der Waals surface area (Å²) in [7, 11) is 0. The lowest BCUT2D eigenvalue weighted by molar-refractivity contribution is -0.137. The molecule has 0 amide bonds. The molecule has 1 aliphatic heterocycles. The van der Waals surface area contributed by atoms with E-state index in [2.05, 4.69) is 20.5 Å². The summed E-state index contributed by atoms with van der Waals surface area (Å²) < 4.78 is 39.9. The van der Waals surface area contributed by atoms with Gasteiger partial charge in [0.25, 0.3) is 0 Å². The number of benzene rings is 1. The van der Waals surface area contributed by atoms with Crippen LogP contribution in [-0.4, -0.2) is 34.1 Å². The quantitative estimate of drug-likeness (QED) is 0.435. The third kappa shape index (κ3) is 5.20. The normalized spacial score (nSPS) is 15.3. The first-order chi connectivity index (χ1) is 15.6. The van der Waals surface area contributed by atoms with Gasteiger partial charge in [-0.05, 0) is 63.4 Å². The van der Waals surface area contributed by atoms with Gasteiger partial charge in [0.1, 0.15) is 11.6 Å². The standard InChI is InChI=1S/C23H28F3N7/c1-13(2)29-20-11-18-19(12-28-20)31-22(33-6-4-5-7-33)32-21(18)30-14(3)15-8-16(23(24,25)26)10-17(27)9-15/h8-14H,4-7,27H2,1-3H3,(H,28,29)(H,30,31,32)/t14-/m1/s1. The Morgan fingerprint density at radius 3 is 2.39 bits per heavy atom. The molecule has 1 saturated heterocycles. The predicted octanol–water partition coefficient (Wildman–Crippen LogP) is 5.22. The molecule has 2 aromatic heterocycles. The van der Waals surface area contributed by atoms with Crippen LogP contribution in [0.2, 0.25) is 0 Å². The van der Waals surface area contributed by atoms with Crippen molar-refractivity contribution in [2.45, 2.75) is 51.9 Å². The van der Waals surface area contributed by atoms with Gasteiger partial charge in [0.2, 0.25) is 5.95 Å². The lowest BCUT2D eigenvalue weighted by Gasteiger charge is -2.21. The van der Waals surface area contributed by atoms with Gasteiger partial charge < -0.3 is 21.3 Å². The van der Waals surface area contributed by atoms with E-state index >= 15 is 0 Å². The number of nitrogens with two attached hydrogens (primary N) is 1. The zero-order valence-electron chi connectivity index (χ0n) is 18.9. The van der Waals surface area contributed by atoms with Crippen LogP contribution < -0.4 is 21.3 Å². The summed E-state index contributed by atoms with van der Waals surface area (Å²) in [5, 5.41) is 7.30. The zero-order chi connectivity index (χ0) is 23.8. The maximum atomic E-state index is 13.3. The lowest BCUT2D eigenvalue weighted by Crippen LogP contribution is -2.21. The average Bonchev–Trinajstić information content (AvgIpc) is 3.27. The van der Waals surface area contributed by atoms with Crippen LogP contribution in [-0.2, 0) is 6.18 Å². The summed E-state index contributed by atoms with van der Waals surface area (Å²) >= 11 is 0. The van der Waals surface area contributed by atoms with Crippen molar-refractivity contribution >= 4 is 34.2 Å². The van der Waals surface area contributed by atoms with Crippen molar-refractivity contribution in [2.75, 3.05) is 34.4 Å². The Hall–Kier alpha value is -3.30. The van der Waals surface area contributed by atoms with Crippen LogP contribution in [0, 0.1) is 0 Å². The van der Waals surface area contributed by atoms with E-state index in [-0.39, 0.29) is 11.7 Å². The summed E-state index contributed by atoms with van der Waals surface area (Å²) in [5.41, 5.74) is 6.15. The average molecular weight is 460 g/mol. The first-order valence-electron chi connectivity index (χ1n) is 11.0. The molecular formula is C23H28F3N7. The Morgan fingerprint density at radius 2 is 1.73 bits per heavy atom. The number of nitrogens with zero attached hydrogens (tertiary/aromatic N) is 4. The van der Waals surface area contributed by atoms with Crippen LogP contribution >= 0.6 is 0 Å². The second kappa shape index (κ2) is 8.92. The van der Waals surface area contributed by atoms with E-state index in [0.717, 1.165) is 43.5 Å².